The summed E-state index contributed by atoms with van der Waals surface area (Å²) in [5.74, 6) is 0. The van der Waals surface area contributed by atoms with E-state index >= 15 is 0 Å². The Morgan fingerprint density at radius 2 is 2.20 bits per heavy atom. The van der Waals surface area contributed by atoms with Crippen LogP contribution in [0.1, 0.15) is 26.0 Å². The van der Waals surface area contributed by atoms with Crippen molar-refractivity contribution >= 4 is 5.69 Å². The molecule has 1 rings (SSSR count). The molecule has 0 aromatic carbocycles. The summed E-state index contributed by atoms with van der Waals surface area (Å²) >= 11 is 0. The van der Waals surface area contributed by atoms with Crippen molar-refractivity contribution in [1.29, 1.82) is 0 Å². The van der Waals surface area contributed by atoms with Crippen molar-refractivity contribution in [3.8, 4) is 0 Å². The van der Waals surface area contributed by atoms with Crippen molar-refractivity contribution in [3.05, 3.63) is 24.0 Å². The van der Waals surface area contributed by atoms with Crippen LogP contribution in [0.2, 0.25) is 0 Å². The first-order chi connectivity index (χ1) is 7.27. The smallest absolute Gasteiger partial charge is 0.0562 e. The molecule has 1 N–H and O–H groups in total. The number of nitrogens with one attached hydrogen (secondary N) is 1. The molecule has 0 aliphatic heterocycles. The normalized spacial score (nSPS) is 10.3. The SMILES string of the molecule is CCCNCc1cc(N(C)CC)ccn1. The minimum absolute atomic E-state index is 0.860. The van der Waals surface area contributed by atoms with Crippen LogP contribution < -0.4 is 10.2 Å². The van der Waals surface area contributed by atoms with Crippen LogP contribution in [-0.4, -0.2) is 25.1 Å². The van der Waals surface area contributed by atoms with Gasteiger partial charge in [-0.15, -0.1) is 0 Å². The third-order valence-electron chi connectivity index (χ3n) is 2.45. The fourth-order valence-corrected chi connectivity index (χ4v) is 1.38. The second-order valence-electron chi connectivity index (χ2n) is 3.70. The van der Waals surface area contributed by atoms with E-state index in [0.29, 0.717) is 0 Å². The molecule has 0 saturated heterocycles. The van der Waals surface area contributed by atoms with E-state index in [1.54, 1.807) is 0 Å². The van der Waals surface area contributed by atoms with Gasteiger partial charge in [0, 0.05) is 32.0 Å². The molecule has 0 aliphatic rings. The summed E-state index contributed by atoms with van der Waals surface area (Å²) in [5.41, 5.74) is 2.35. The predicted octanol–water partition coefficient (Wildman–Crippen LogP) is 2.04. The Bertz CT molecular complexity index is 286. The molecule has 0 spiro atoms. The zero-order valence-corrected chi connectivity index (χ0v) is 9.95. The molecule has 0 saturated carbocycles. The average molecular weight is 207 g/mol. The van der Waals surface area contributed by atoms with E-state index in [9.17, 15) is 0 Å². The van der Waals surface area contributed by atoms with Crippen LogP contribution in [0.5, 0.6) is 0 Å². The van der Waals surface area contributed by atoms with Crippen LogP contribution >= 0.6 is 0 Å². The summed E-state index contributed by atoms with van der Waals surface area (Å²) in [6.45, 7) is 7.25. The number of nitrogens with zero attached hydrogens (tertiary/aromatic N) is 2. The van der Waals surface area contributed by atoms with Crippen LogP contribution in [0.4, 0.5) is 5.69 Å². The highest BCUT2D eigenvalue weighted by atomic mass is 15.1. The van der Waals surface area contributed by atoms with Gasteiger partial charge in [0.1, 0.15) is 0 Å². The Hall–Kier alpha value is -1.09. The predicted molar refractivity (Wildman–Crippen MR) is 65.2 cm³/mol. The number of pyridine rings is 1. The molecule has 0 unspecified atom stereocenters. The van der Waals surface area contributed by atoms with E-state index in [2.05, 4.69) is 42.2 Å². The molecule has 0 radical (unpaired) electrons. The number of aromatic nitrogens is 1. The van der Waals surface area contributed by atoms with Crippen molar-refractivity contribution in [3.63, 3.8) is 0 Å². The summed E-state index contributed by atoms with van der Waals surface area (Å²) in [4.78, 5) is 6.55. The second kappa shape index (κ2) is 6.40. The molecule has 0 bridgehead atoms. The molecular weight excluding hydrogens is 186 g/mol. The lowest BCUT2D eigenvalue weighted by Crippen LogP contribution is -2.18. The third-order valence-corrected chi connectivity index (χ3v) is 2.45. The van der Waals surface area contributed by atoms with Gasteiger partial charge < -0.3 is 10.2 Å². The van der Waals surface area contributed by atoms with Gasteiger partial charge in [-0.05, 0) is 32.0 Å². The summed E-state index contributed by atoms with van der Waals surface area (Å²) in [7, 11) is 2.10. The van der Waals surface area contributed by atoms with Gasteiger partial charge in [-0.1, -0.05) is 6.92 Å². The molecule has 0 amide bonds. The summed E-state index contributed by atoms with van der Waals surface area (Å²) in [5, 5.41) is 3.35. The Balaban J connectivity index is 2.57. The maximum atomic E-state index is 4.34. The lowest BCUT2D eigenvalue weighted by Gasteiger charge is -2.17. The largest absolute Gasteiger partial charge is 0.375 e. The monoisotopic (exact) mass is 207 g/mol. The molecule has 84 valence electrons. The zero-order valence-electron chi connectivity index (χ0n) is 9.95. The van der Waals surface area contributed by atoms with Gasteiger partial charge in [-0.2, -0.15) is 0 Å². The molecule has 0 atom stereocenters. The summed E-state index contributed by atoms with van der Waals surface area (Å²) < 4.78 is 0. The Labute approximate surface area is 92.5 Å². The van der Waals surface area contributed by atoms with Gasteiger partial charge in [0.2, 0.25) is 0 Å². The van der Waals surface area contributed by atoms with Crippen molar-refractivity contribution in [2.45, 2.75) is 26.8 Å². The highest BCUT2D eigenvalue weighted by molar-refractivity contribution is 5.45. The van der Waals surface area contributed by atoms with Gasteiger partial charge in [0.25, 0.3) is 0 Å². The lowest BCUT2D eigenvalue weighted by molar-refractivity contribution is 0.664. The Kier molecular flexibility index (Phi) is 5.12. The van der Waals surface area contributed by atoms with E-state index in [-0.39, 0.29) is 0 Å². The highest BCUT2D eigenvalue weighted by Gasteiger charge is 2.00. The van der Waals surface area contributed by atoms with Crippen molar-refractivity contribution < 1.29 is 0 Å². The molecule has 3 nitrogen and oxygen atoms in total. The molecule has 3 heteroatoms. The van der Waals surface area contributed by atoms with Crippen LogP contribution in [0, 0.1) is 0 Å². The first-order valence-corrected chi connectivity index (χ1v) is 5.64. The Morgan fingerprint density at radius 3 is 2.87 bits per heavy atom. The van der Waals surface area contributed by atoms with E-state index in [1.807, 2.05) is 12.3 Å². The molecule has 0 aliphatic carbocycles. The van der Waals surface area contributed by atoms with Gasteiger partial charge in [-0.25, -0.2) is 0 Å². The summed E-state index contributed by atoms with van der Waals surface area (Å²) in [6, 6.07) is 4.19. The molecular formula is C12H21N3. The van der Waals surface area contributed by atoms with Gasteiger partial charge in [0.05, 0.1) is 5.69 Å². The van der Waals surface area contributed by atoms with Gasteiger partial charge >= 0.3 is 0 Å². The van der Waals surface area contributed by atoms with E-state index in [0.717, 1.165) is 31.7 Å². The fourth-order valence-electron chi connectivity index (χ4n) is 1.38. The zero-order chi connectivity index (χ0) is 11.1. The number of anilines is 1. The van der Waals surface area contributed by atoms with Crippen molar-refractivity contribution in [1.82, 2.24) is 10.3 Å². The topological polar surface area (TPSA) is 28.2 Å². The van der Waals surface area contributed by atoms with Gasteiger partial charge in [0.15, 0.2) is 0 Å². The highest BCUT2D eigenvalue weighted by Crippen LogP contribution is 2.12. The molecule has 1 aromatic rings. The average Bonchev–Trinajstić information content (AvgIpc) is 2.29. The first-order valence-electron chi connectivity index (χ1n) is 5.64. The minimum Gasteiger partial charge on any atom is -0.375 e. The fraction of sp³-hybridized carbons (Fsp3) is 0.583. The molecule has 1 aromatic heterocycles. The van der Waals surface area contributed by atoms with Crippen LogP contribution in [0.25, 0.3) is 0 Å². The molecule has 1 heterocycles. The van der Waals surface area contributed by atoms with Crippen molar-refractivity contribution in [2.75, 3.05) is 25.0 Å². The van der Waals surface area contributed by atoms with E-state index in [4.69, 9.17) is 0 Å². The maximum Gasteiger partial charge on any atom is 0.0562 e. The number of hydrogen-bond donors (Lipinski definition) is 1. The van der Waals surface area contributed by atoms with Crippen LogP contribution in [0.15, 0.2) is 18.3 Å². The third kappa shape index (κ3) is 3.88. The maximum absolute atomic E-state index is 4.34. The van der Waals surface area contributed by atoms with Crippen molar-refractivity contribution in [2.24, 2.45) is 0 Å². The van der Waals surface area contributed by atoms with Crippen LogP contribution in [-0.2, 0) is 6.54 Å². The first kappa shape index (κ1) is 12.0. The van der Waals surface area contributed by atoms with E-state index < -0.39 is 0 Å². The van der Waals surface area contributed by atoms with Gasteiger partial charge in [-0.3, -0.25) is 4.98 Å². The van der Waals surface area contributed by atoms with E-state index in [1.165, 1.54) is 5.69 Å². The Morgan fingerprint density at radius 1 is 1.40 bits per heavy atom. The quantitative estimate of drug-likeness (QED) is 0.724. The molecule has 0 fully saturated rings. The summed E-state index contributed by atoms with van der Waals surface area (Å²) in [6.07, 6.45) is 3.04. The number of rotatable bonds is 6. The van der Waals surface area contributed by atoms with Crippen LogP contribution in [0.3, 0.4) is 0 Å². The lowest BCUT2D eigenvalue weighted by atomic mass is 10.3. The number of hydrogen-bond acceptors (Lipinski definition) is 3. The standard InChI is InChI=1S/C12H21N3/c1-4-7-13-10-11-9-12(6-8-14-11)15(3)5-2/h6,8-9,13H,4-5,7,10H2,1-3H3. The molecule has 15 heavy (non-hydrogen) atoms. The second-order valence-corrected chi connectivity index (χ2v) is 3.70. The minimum atomic E-state index is 0.860.